The van der Waals surface area contributed by atoms with Gasteiger partial charge in [0.05, 0.1) is 41.3 Å². The van der Waals surface area contributed by atoms with Gasteiger partial charge in [-0.1, -0.05) is 90.9 Å². The van der Waals surface area contributed by atoms with E-state index in [-0.39, 0.29) is 0 Å². The third-order valence-electron chi connectivity index (χ3n) is 6.54. The lowest BCUT2D eigenvalue weighted by Crippen LogP contribution is -2.51. The van der Waals surface area contributed by atoms with E-state index in [2.05, 4.69) is 42.0 Å². The Balaban J connectivity index is 3.66. The van der Waals surface area contributed by atoms with Crippen LogP contribution in [0.1, 0.15) is 117 Å². The number of rotatable bonds is 21. The van der Waals surface area contributed by atoms with Crippen molar-refractivity contribution in [3.63, 3.8) is 0 Å². The molecule has 0 N–H and O–H groups in total. The molecule has 0 spiro atoms. The standard InChI is InChI=1S/C26H58N2/c1-7-9-11-13-15-16-17-18-20-22-24-28(5,6)26-25-27(3,4)23-21-19-14-12-10-8-2/h7-26H2,1-6H3/q+2. The molecular formula is C26H58N2+2. The third-order valence-corrected chi connectivity index (χ3v) is 6.54. The van der Waals surface area contributed by atoms with E-state index in [0.29, 0.717) is 0 Å². The van der Waals surface area contributed by atoms with Crippen molar-refractivity contribution < 1.29 is 8.97 Å². The van der Waals surface area contributed by atoms with Gasteiger partial charge in [-0.3, -0.25) is 0 Å². The Morgan fingerprint density at radius 3 is 0.857 bits per heavy atom. The Labute approximate surface area is 180 Å². The maximum atomic E-state index is 2.44. The van der Waals surface area contributed by atoms with Crippen molar-refractivity contribution in [2.45, 2.75) is 117 Å². The summed E-state index contributed by atoms with van der Waals surface area (Å²) in [6.07, 6.45) is 22.9. The fourth-order valence-corrected chi connectivity index (χ4v) is 4.11. The van der Waals surface area contributed by atoms with Crippen molar-refractivity contribution in [2.24, 2.45) is 0 Å². The molecule has 0 fully saturated rings. The van der Waals surface area contributed by atoms with Crippen molar-refractivity contribution in [1.29, 1.82) is 0 Å². The zero-order valence-electron chi connectivity index (χ0n) is 21.0. The molecule has 0 amide bonds. The highest BCUT2D eigenvalue weighted by Crippen LogP contribution is 2.13. The summed E-state index contributed by atoms with van der Waals surface area (Å²) < 4.78 is 2.41. The third kappa shape index (κ3) is 19.2. The zero-order valence-corrected chi connectivity index (χ0v) is 21.0. The van der Waals surface area contributed by atoms with Crippen LogP contribution in [0.3, 0.4) is 0 Å². The Morgan fingerprint density at radius 1 is 0.321 bits per heavy atom. The van der Waals surface area contributed by atoms with Gasteiger partial charge in [0, 0.05) is 0 Å². The van der Waals surface area contributed by atoms with Gasteiger partial charge in [-0.15, -0.1) is 0 Å². The minimum Gasteiger partial charge on any atom is -0.324 e. The lowest BCUT2D eigenvalue weighted by molar-refractivity contribution is -0.946. The largest absolute Gasteiger partial charge is 0.324 e. The van der Waals surface area contributed by atoms with Gasteiger partial charge in [0.1, 0.15) is 13.1 Å². The summed E-state index contributed by atoms with van der Waals surface area (Å²) in [5, 5.41) is 0. The first-order valence-electron chi connectivity index (χ1n) is 13.0. The molecule has 0 bridgehead atoms. The SMILES string of the molecule is CCCCCCCCCCCC[N+](C)(C)CC[N+](C)(C)CCCCCCCC. The highest BCUT2D eigenvalue weighted by Gasteiger charge is 2.22. The number of hydrogen-bond donors (Lipinski definition) is 0. The minimum atomic E-state index is 1.20. The van der Waals surface area contributed by atoms with E-state index in [1.165, 1.54) is 138 Å². The molecule has 0 aromatic carbocycles. The molecule has 0 saturated carbocycles. The normalized spacial score (nSPS) is 12.6. The van der Waals surface area contributed by atoms with Gasteiger partial charge >= 0.3 is 0 Å². The number of hydrogen-bond acceptors (Lipinski definition) is 0. The van der Waals surface area contributed by atoms with Gasteiger partial charge in [-0.25, -0.2) is 0 Å². The number of nitrogens with zero attached hydrogens (tertiary/aromatic N) is 2. The molecule has 0 saturated heterocycles. The summed E-state index contributed by atoms with van der Waals surface area (Å²) in [6.45, 7) is 9.95. The van der Waals surface area contributed by atoms with E-state index in [1.54, 1.807) is 0 Å². The summed E-state index contributed by atoms with van der Waals surface area (Å²) in [6, 6.07) is 0. The Bertz CT molecular complexity index is 322. The molecule has 0 aromatic rings. The number of unbranched alkanes of at least 4 members (excludes halogenated alkanes) is 14. The van der Waals surface area contributed by atoms with E-state index in [1.807, 2.05) is 0 Å². The molecule has 0 radical (unpaired) electrons. The van der Waals surface area contributed by atoms with Crippen LogP contribution in [0.4, 0.5) is 0 Å². The van der Waals surface area contributed by atoms with Crippen molar-refractivity contribution >= 4 is 0 Å². The van der Waals surface area contributed by atoms with Gasteiger partial charge < -0.3 is 8.97 Å². The van der Waals surface area contributed by atoms with Crippen LogP contribution < -0.4 is 0 Å². The first kappa shape index (κ1) is 27.9. The second-order valence-corrected chi connectivity index (χ2v) is 10.7. The fourth-order valence-electron chi connectivity index (χ4n) is 4.11. The van der Waals surface area contributed by atoms with Crippen molar-refractivity contribution in [1.82, 2.24) is 0 Å². The molecule has 0 rings (SSSR count). The Morgan fingerprint density at radius 2 is 0.571 bits per heavy atom. The lowest BCUT2D eigenvalue weighted by atomic mass is 10.1. The van der Waals surface area contributed by atoms with Gasteiger partial charge in [0.25, 0.3) is 0 Å². The molecule has 2 nitrogen and oxygen atoms in total. The molecule has 170 valence electrons. The quantitative estimate of drug-likeness (QED) is 0.139. The van der Waals surface area contributed by atoms with E-state index in [4.69, 9.17) is 0 Å². The van der Waals surface area contributed by atoms with Crippen LogP contribution in [-0.2, 0) is 0 Å². The first-order valence-corrected chi connectivity index (χ1v) is 13.0. The number of quaternary nitrogens is 2. The summed E-state index contributed by atoms with van der Waals surface area (Å²) in [7, 11) is 9.76. The molecule has 0 aliphatic carbocycles. The Kier molecular flexibility index (Phi) is 17.7. The molecule has 0 unspecified atom stereocenters. The topological polar surface area (TPSA) is 0 Å². The number of likely N-dealkylation sites (N-methyl/N-ethyl adjacent to an activating group) is 2. The maximum Gasteiger partial charge on any atom is 0.128 e. The molecule has 0 atom stereocenters. The predicted octanol–water partition coefficient (Wildman–Crippen LogP) is 7.42. The molecule has 2 heteroatoms. The van der Waals surface area contributed by atoms with Crippen LogP contribution in [0.2, 0.25) is 0 Å². The van der Waals surface area contributed by atoms with Crippen molar-refractivity contribution in [2.75, 3.05) is 54.4 Å². The van der Waals surface area contributed by atoms with E-state index < -0.39 is 0 Å². The highest BCUT2D eigenvalue weighted by atomic mass is 15.4. The van der Waals surface area contributed by atoms with Gasteiger partial charge in [0.2, 0.25) is 0 Å². The molecule has 0 aromatic heterocycles. The van der Waals surface area contributed by atoms with Gasteiger partial charge in [-0.05, 0) is 25.7 Å². The monoisotopic (exact) mass is 398 g/mol. The summed E-state index contributed by atoms with van der Waals surface area (Å²) in [4.78, 5) is 0. The summed E-state index contributed by atoms with van der Waals surface area (Å²) in [5.41, 5.74) is 0. The minimum absolute atomic E-state index is 1.20. The summed E-state index contributed by atoms with van der Waals surface area (Å²) in [5.74, 6) is 0. The molecule has 0 heterocycles. The van der Waals surface area contributed by atoms with Crippen LogP contribution in [0.5, 0.6) is 0 Å². The van der Waals surface area contributed by atoms with E-state index in [9.17, 15) is 0 Å². The molecule has 28 heavy (non-hydrogen) atoms. The Hall–Kier alpha value is -0.0800. The van der Waals surface area contributed by atoms with Gasteiger partial charge in [-0.2, -0.15) is 0 Å². The predicted molar refractivity (Wildman–Crippen MR) is 129 cm³/mol. The van der Waals surface area contributed by atoms with Crippen LogP contribution in [0.25, 0.3) is 0 Å². The van der Waals surface area contributed by atoms with Crippen LogP contribution in [0.15, 0.2) is 0 Å². The lowest BCUT2D eigenvalue weighted by Gasteiger charge is -2.36. The first-order chi connectivity index (χ1) is 13.3. The zero-order chi connectivity index (χ0) is 21.1. The van der Waals surface area contributed by atoms with Crippen LogP contribution >= 0.6 is 0 Å². The molecular weight excluding hydrogens is 340 g/mol. The van der Waals surface area contributed by atoms with Crippen LogP contribution in [-0.4, -0.2) is 63.3 Å². The van der Waals surface area contributed by atoms with E-state index >= 15 is 0 Å². The van der Waals surface area contributed by atoms with Crippen molar-refractivity contribution in [3.05, 3.63) is 0 Å². The second kappa shape index (κ2) is 17.8. The highest BCUT2D eigenvalue weighted by molar-refractivity contribution is 4.48. The summed E-state index contributed by atoms with van der Waals surface area (Å²) >= 11 is 0. The van der Waals surface area contributed by atoms with Crippen molar-refractivity contribution in [3.8, 4) is 0 Å². The van der Waals surface area contributed by atoms with Crippen LogP contribution in [0, 0.1) is 0 Å². The molecule has 0 aliphatic heterocycles. The van der Waals surface area contributed by atoms with E-state index in [0.717, 1.165) is 0 Å². The smallest absolute Gasteiger partial charge is 0.128 e. The average Bonchev–Trinajstić information content (AvgIpc) is 2.65. The second-order valence-electron chi connectivity index (χ2n) is 10.7. The fraction of sp³-hybridized carbons (Fsp3) is 1.00. The average molecular weight is 399 g/mol. The maximum absolute atomic E-state index is 2.44. The van der Waals surface area contributed by atoms with Gasteiger partial charge in [0.15, 0.2) is 0 Å². The molecule has 0 aliphatic rings.